The predicted octanol–water partition coefficient (Wildman–Crippen LogP) is 5.10. The molecule has 0 radical (unpaired) electrons. The molecule has 3 amide bonds. The van der Waals surface area contributed by atoms with Crippen LogP contribution in [0.25, 0.3) is 10.9 Å². The SMILES string of the molecule is CCCN(CC(=O)N(CCc1c[nH]c2ccccc12)Cc1ccc(F)cc1)C(=O)NC(C)(C)C. The van der Waals surface area contributed by atoms with Crippen molar-refractivity contribution < 1.29 is 14.0 Å². The van der Waals surface area contributed by atoms with Gasteiger partial charge in [-0.1, -0.05) is 37.3 Å². The molecule has 0 fully saturated rings. The Morgan fingerprint density at radius 1 is 1.00 bits per heavy atom. The summed E-state index contributed by atoms with van der Waals surface area (Å²) in [4.78, 5) is 32.8. The number of nitrogens with one attached hydrogen (secondary N) is 2. The van der Waals surface area contributed by atoms with Gasteiger partial charge in [-0.05, 0) is 62.9 Å². The Kier molecular flexibility index (Phi) is 8.31. The lowest BCUT2D eigenvalue weighted by molar-refractivity contribution is -0.132. The van der Waals surface area contributed by atoms with E-state index in [0.717, 1.165) is 28.5 Å². The quantitative estimate of drug-likeness (QED) is 0.461. The number of benzene rings is 2. The van der Waals surface area contributed by atoms with Crippen molar-refractivity contribution >= 4 is 22.8 Å². The van der Waals surface area contributed by atoms with E-state index in [-0.39, 0.29) is 24.3 Å². The average Bonchev–Trinajstić information content (AvgIpc) is 3.19. The van der Waals surface area contributed by atoms with E-state index in [1.807, 2.05) is 52.1 Å². The van der Waals surface area contributed by atoms with Gasteiger partial charge in [0.05, 0.1) is 0 Å². The van der Waals surface area contributed by atoms with Crippen molar-refractivity contribution in [3.63, 3.8) is 0 Å². The second-order valence-corrected chi connectivity index (χ2v) is 9.65. The molecule has 0 spiro atoms. The van der Waals surface area contributed by atoms with Crippen LogP contribution in [0.4, 0.5) is 9.18 Å². The number of hydrogen-bond donors (Lipinski definition) is 2. The molecule has 3 rings (SSSR count). The number of aromatic amines is 1. The normalized spacial score (nSPS) is 11.4. The van der Waals surface area contributed by atoms with Crippen LogP contribution in [0, 0.1) is 5.82 Å². The lowest BCUT2D eigenvalue weighted by Crippen LogP contribution is -2.51. The van der Waals surface area contributed by atoms with Crippen molar-refractivity contribution in [3.05, 3.63) is 71.7 Å². The molecule has 7 heteroatoms. The summed E-state index contributed by atoms with van der Waals surface area (Å²) >= 11 is 0. The number of urea groups is 1. The Labute approximate surface area is 201 Å². The Morgan fingerprint density at radius 3 is 2.38 bits per heavy atom. The lowest BCUT2D eigenvalue weighted by atomic mass is 10.1. The van der Waals surface area contributed by atoms with E-state index in [2.05, 4.69) is 16.4 Å². The summed E-state index contributed by atoms with van der Waals surface area (Å²) in [5.41, 5.74) is 2.63. The zero-order chi connectivity index (χ0) is 24.7. The molecule has 0 aliphatic rings. The molecule has 182 valence electrons. The maximum Gasteiger partial charge on any atom is 0.318 e. The number of nitrogens with zero attached hydrogens (tertiary/aromatic N) is 2. The van der Waals surface area contributed by atoms with Crippen LogP contribution in [0.3, 0.4) is 0 Å². The topological polar surface area (TPSA) is 68.4 Å². The number of hydrogen-bond acceptors (Lipinski definition) is 2. The zero-order valence-corrected chi connectivity index (χ0v) is 20.5. The largest absolute Gasteiger partial charge is 0.361 e. The fraction of sp³-hybridized carbons (Fsp3) is 0.407. The van der Waals surface area contributed by atoms with E-state index < -0.39 is 5.54 Å². The first-order valence-corrected chi connectivity index (χ1v) is 11.8. The summed E-state index contributed by atoms with van der Waals surface area (Å²) in [5, 5.41) is 4.08. The molecule has 0 saturated heterocycles. The Morgan fingerprint density at radius 2 is 1.71 bits per heavy atom. The number of fused-ring (bicyclic) bond motifs is 1. The van der Waals surface area contributed by atoms with E-state index in [9.17, 15) is 14.0 Å². The molecule has 0 saturated carbocycles. The summed E-state index contributed by atoms with van der Waals surface area (Å²) in [6.45, 7) is 9.04. The van der Waals surface area contributed by atoms with Gasteiger partial charge in [0.15, 0.2) is 0 Å². The van der Waals surface area contributed by atoms with Crippen LogP contribution >= 0.6 is 0 Å². The third-order valence-electron chi connectivity index (χ3n) is 5.55. The number of H-pyrrole nitrogens is 1. The van der Waals surface area contributed by atoms with Crippen LogP contribution in [0.1, 0.15) is 45.2 Å². The van der Waals surface area contributed by atoms with E-state index in [0.29, 0.717) is 26.1 Å². The van der Waals surface area contributed by atoms with Crippen LogP contribution in [0.5, 0.6) is 0 Å². The fourth-order valence-electron chi connectivity index (χ4n) is 3.88. The van der Waals surface area contributed by atoms with E-state index in [4.69, 9.17) is 0 Å². The van der Waals surface area contributed by atoms with Gasteiger partial charge in [-0.2, -0.15) is 0 Å². The highest BCUT2D eigenvalue weighted by Crippen LogP contribution is 2.19. The molecule has 2 aromatic carbocycles. The molecule has 2 N–H and O–H groups in total. The molecule has 0 atom stereocenters. The minimum atomic E-state index is -0.394. The molecular formula is C27H35FN4O2. The van der Waals surface area contributed by atoms with Gasteiger partial charge in [0.2, 0.25) is 5.91 Å². The van der Waals surface area contributed by atoms with Gasteiger partial charge >= 0.3 is 6.03 Å². The summed E-state index contributed by atoms with van der Waals surface area (Å²) < 4.78 is 13.4. The van der Waals surface area contributed by atoms with Gasteiger partial charge in [0.25, 0.3) is 0 Å². The minimum Gasteiger partial charge on any atom is -0.361 e. The van der Waals surface area contributed by atoms with Crippen molar-refractivity contribution in [2.45, 2.75) is 52.6 Å². The fourth-order valence-corrected chi connectivity index (χ4v) is 3.88. The van der Waals surface area contributed by atoms with Crippen molar-refractivity contribution in [2.75, 3.05) is 19.6 Å². The third kappa shape index (κ3) is 7.07. The van der Waals surface area contributed by atoms with E-state index >= 15 is 0 Å². The van der Waals surface area contributed by atoms with Gasteiger partial charge in [-0.3, -0.25) is 4.79 Å². The minimum absolute atomic E-state index is 0.00909. The first-order chi connectivity index (χ1) is 16.2. The summed E-state index contributed by atoms with van der Waals surface area (Å²) in [7, 11) is 0. The number of aromatic nitrogens is 1. The Hall–Kier alpha value is -3.35. The first kappa shape index (κ1) is 25.3. The molecule has 0 unspecified atom stereocenters. The van der Waals surface area contributed by atoms with Gasteiger partial charge in [-0.15, -0.1) is 0 Å². The van der Waals surface area contributed by atoms with Crippen LogP contribution in [-0.4, -0.2) is 51.9 Å². The van der Waals surface area contributed by atoms with E-state index in [1.165, 1.54) is 12.1 Å². The third-order valence-corrected chi connectivity index (χ3v) is 5.55. The molecule has 0 aliphatic heterocycles. The zero-order valence-electron chi connectivity index (χ0n) is 20.5. The molecular weight excluding hydrogens is 431 g/mol. The highest BCUT2D eigenvalue weighted by molar-refractivity contribution is 5.85. The van der Waals surface area contributed by atoms with Crippen LogP contribution in [0.15, 0.2) is 54.7 Å². The molecule has 34 heavy (non-hydrogen) atoms. The number of halogens is 1. The maximum absolute atomic E-state index is 13.4. The lowest BCUT2D eigenvalue weighted by Gasteiger charge is -2.30. The summed E-state index contributed by atoms with van der Waals surface area (Å²) in [5.74, 6) is -0.449. The van der Waals surface area contributed by atoms with Gasteiger partial charge in [-0.25, -0.2) is 9.18 Å². The number of rotatable bonds is 9. The molecule has 3 aromatic rings. The first-order valence-electron chi connectivity index (χ1n) is 11.8. The van der Waals surface area contributed by atoms with Crippen molar-refractivity contribution in [3.8, 4) is 0 Å². The van der Waals surface area contributed by atoms with Gasteiger partial charge in [0.1, 0.15) is 12.4 Å². The number of amides is 3. The Bertz CT molecular complexity index is 1100. The van der Waals surface area contributed by atoms with Crippen molar-refractivity contribution in [2.24, 2.45) is 0 Å². The second-order valence-electron chi connectivity index (χ2n) is 9.65. The maximum atomic E-state index is 13.4. The number of para-hydroxylation sites is 1. The number of carbonyl (C=O) groups is 2. The van der Waals surface area contributed by atoms with Crippen LogP contribution < -0.4 is 5.32 Å². The highest BCUT2D eigenvalue weighted by atomic mass is 19.1. The molecule has 6 nitrogen and oxygen atoms in total. The molecule has 0 aliphatic carbocycles. The summed E-state index contributed by atoms with van der Waals surface area (Å²) in [6.07, 6.45) is 3.39. The van der Waals surface area contributed by atoms with Crippen LogP contribution in [0.2, 0.25) is 0 Å². The highest BCUT2D eigenvalue weighted by Gasteiger charge is 2.24. The molecule has 1 heterocycles. The monoisotopic (exact) mass is 466 g/mol. The van der Waals surface area contributed by atoms with E-state index in [1.54, 1.807) is 21.9 Å². The van der Waals surface area contributed by atoms with Crippen molar-refractivity contribution in [1.29, 1.82) is 0 Å². The smallest absolute Gasteiger partial charge is 0.318 e. The summed E-state index contributed by atoms with van der Waals surface area (Å²) in [6, 6.07) is 14.0. The van der Waals surface area contributed by atoms with Gasteiger partial charge in [0, 0.05) is 42.3 Å². The van der Waals surface area contributed by atoms with Gasteiger partial charge < -0.3 is 20.1 Å². The van der Waals surface area contributed by atoms with Crippen molar-refractivity contribution in [1.82, 2.24) is 20.1 Å². The molecule has 0 bridgehead atoms. The second kappa shape index (κ2) is 11.2. The average molecular weight is 467 g/mol. The van der Waals surface area contributed by atoms with Crippen LogP contribution in [-0.2, 0) is 17.8 Å². The standard InChI is InChI=1S/C27H35FN4O2/c1-5-15-32(26(34)30-27(2,3)4)19-25(33)31(18-20-10-12-22(28)13-11-20)16-14-21-17-29-24-9-7-6-8-23(21)24/h6-13,17,29H,5,14-16,18-19H2,1-4H3,(H,30,34). The predicted molar refractivity (Wildman–Crippen MR) is 134 cm³/mol. The number of carbonyl (C=O) groups excluding carboxylic acids is 2. The Balaban J connectivity index is 1.77. The molecule has 1 aromatic heterocycles.